The van der Waals surface area contributed by atoms with E-state index in [0.29, 0.717) is 12.0 Å². The highest BCUT2D eigenvalue weighted by atomic mass is 79.9. The molecule has 1 fully saturated rings. The van der Waals surface area contributed by atoms with E-state index in [-0.39, 0.29) is 0 Å². The lowest BCUT2D eigenvalue weighted by atomic mass is 9.68. The molecule has 0 atom stereocenters. The maximum Gasteiger partial charge on any atom is 0.120 e. The lowest BCUT2D eigenvalue weighted by Crippen LogP contribution is -2.28. The Morgan fingerprint density at radius 2 is 1.95 bits per heavy atom. The average Bonchev–Trinajstić information content (AvgIpc) is 2.48. The zero-order valence-corrected chi connectivity index (χ0v) is 14.8. The summed E-state index contributed by atoms with van der Waals surface area (Å²) in [5.74, 6) is 0.947. The number of nitrogens with two attached hydrogens (primary N) is 1. The summed E-state index contributed by atoms with van der Waals surface area (Å²) in [5, 5.41) is 0. The van der Waals surface area contributed by atoms with Crippen LogP contribution in [-0.4, -0.2) is 13.2 Å². The van der Waals surface area contributed by atoms with E-state index in [2.05, 4.69) is 34.1 Å². The van der Waals surface area contributed by atoms with Crippen LogP contribution >= 0.6 is 15.9 Å². The minimum Gasteiger partial charge on any atom is -0.494 e. The van der Waals surface area contributed by atoms with Gasteiger partial charge in [0.25, 0.3) is 0 Å². The van der Waals surface area contributed by atoms with Gasteiger partial charge in [0.05, 0.1) is 6.61 Å². The Morgan fingerprint density at radius 3 is 2.57 bits per heavy atom. The second-order valence-electron chi connectivity index (χ2n) is 6.29. The molecule has 21 heavy (non-hydrogen) atoms. The van der Waals surface area contributed by atoms with Crippen LogP contribution in [0.3, 0.4) is 0 Å². The van der Waals surface area contributed by atoms with Gasteiger partial charge in [-0.25, -0.2) is 0 Å². The highest BCUT2D eigenvalue weighted by molar-refractivity contribution is 9.10. The third kappa shape index (κ3) is 4.72. The van der Waals surface area contributed by atoms with Gasteiger partial charge >= 0.3 is 0 Å². The van der Waals surface area contributed by atoms with Gasteiger partial charge in [-0.2, -0.15) is 0 Å². The molecule has 2 rings (SSSR count). The molecule has 1 aliphatic rings. The quantitative estimate of drug-likeness (QED) is 0.741. The maximum absolute atomic E-state index is 5.87. The molecule has 2 nitrogen and oxygen atoms in total. The van der Waals surface area contributed by atoms with Gasteiger partial charge in [-0.3, -0.25) is 0 Å². The van der Waals surface area contributed by atoms with Crippen LogP contribution in [0.5, 0.6) is 5.75 Å². The molecular weight excluding hydrogens is 326 g/mol. The fraction of sp³-hybridized carbons (Fsp3) is 0.667. The van der Waals surface area contributed by atoms with Crippen LogP contribution in [0, 0.1) is 5.41 Å². The number of hydrogen-bond donors (Lipinski definition) is 1. The van der Waals surface area contributed by atoms with Crippen molar-refractivity contribution in [1.82, 2.24) is 0 Å². The van der Waals surface area contributed by atoms with Crippen molar-refractivity contribution in [3.63, 3.8) is 0 Å². The summed E-state index contributed by atoms with van der Waals surface area (Å²) in [6.45, 7) is 3.55. The lowest BCUT2D eigenvalue weighted by Gasteiger charge is -2.37. The number of ether oxygens (including phenoxy) is 1. The first-order valence-electron chi connectivity index (χ1n) is 8.30. The van der Waals surface area contributed by atoms with Crippen molar-refractivity contribution in [2.75, 3.05) is 13.2 Å². The summed E-state index contributed by atoms with van der Waals surface area (Å²) in [5.41, 5.74) is 7.75. The molecular formula is C18H28BrNO. The van der Waals surface area contributed by atoms with Crippen LogP contribution in [0.15, 0.2) is 22.7 Å². The fourth-order valence-corrected chi connectivity index (χ4v) is 4.18. The van der Waals surface area contributed by atoms with Gasteiger partial charge in [0.15, 0.2) is 0 Å². The Balaban J connectivity index is 2.00. The van der Waals surface area contributed by atoms with Crippen molar-refractivity contribution in [3.8, 4) is 5.75 Å². The standard InChI is InChI=1S/C18H28BrNO/c1-2-21-16-7-6-15(17(19)14-16)8-11-18(12-13-20)9-4-3-5-10-18/h6-7,14H,2-5,8-13,20H2,1H3. The van der Waals surface area contributed by atoms with Gasteiger partial charge in [0.1, 0.15) is 5.75 Å². The molecule has 118 valence electrons. The predicted molar refractivity (Wildman–Crippen MR) is 92.8 cm³/mol. The minimum atomic E-state index is 0.491. The van der Waals surface area contributed by atoms with Crippen LogP contribution in [0.1, 0.15) is 57.4 Å². The minimum absolute atomic E-state index is 0.491. The molecule has 0 saturated heterocycles. The Hall–Kier alpha value is -0.540. The summed E-state index contributed by atoms with van der Waals surface area (Å²) >= 11 is 3.69. The van der Waals surface area contributed by atoms with Crippen LogP contribution in [-0.2, 0) is 6.42 Å². The smallest absolute Gasteiger partial charge is 0.120 e. The Kier molecular flexibility index (Phi) is 6.56. The fourth-order valence-electron chi connectivity index (χ4n) is 3.62. The molecule has 0 amide bonds. The molecule has 3 heteroatoms. The van der Waals surface area contributed by atoms with E-state index in [1.807, 2.05) is 6.92 Å². The lowest BCUT2D eigenvalue weighted by molar-refractivity contribution is 0.161. The van der Waals surface area contributed by atoms with Crippen molar-refractivity contribution in [1.29, 1.82) is 0 Å². The van der Waals surface area contributed by atoms with Gasteiger partial charge in [-0.1, -0.05) is 41.3 Å². The van der Waals surface area contributed by atoms with Gasteiger partial charge in [-0.15, -0.1) is 0 Å². The molecule has 1 aliphatic carbocycles. The van der Waals surface area contributed by atoms with Crippen molar-refractivity contribution in [3.05, 3.63) is 28.2 Å². The summed E-state index contributed by atoms with van der Waals surface area (Å²) in [6, 6.07) is 6.38. The van der Waals surface area contributed by atoms with Crippen LogP contribution in [0.4, 0.5) is 0 Å². The largest absolute Gasteiger partial charge is 0.494 e. The molecule has 0 bridgehead atoms. The van der Waals surface area contributed by atoms with E-state index in [1.54, 1.807) is 0 Å². The van der Waals surface area contributed by atoms with Crippen LogP contribution in [0.25, 0.3) is 0 Å². The van der Waals surface area contributed by atoms with E-state index in [4.69, 9.17) is 10.5 Å². The highest BCUT2D eigenvalue weighted by Crippen LogP contribution is 2.43. The number of aryl methyl sites for hydroxylation is 1. The zero-order valence-electron chi connectivity index (χ0n) is 13.2. The average molecular weight is 354 g/mol. The van der Waals surface area contributed by atoms with Crippen molar-refractivity contribution in [2.24, 2.45) is 11.1 Å². The second kappa shape index (κ2) is 8.19. The molecule has 0 unspecified atom stereocenters. The van der Waals surface area contributed by atoms with Gasteiger partial charge in [0, 0.05) is 4.47 Å². The summed E-state index contributed by atoms with van der Waals surface area (Å²) in [4.78, 5) is 0. The van der Waals surface area contributed by atoms with Gasteiger partial charge in [-0.05, 0) is 68.7 Å². The third-order valence-electron chi connectivity index (χ3n) is 4.85. The zero-order chi connectivity index (χ0) is 15.1. The molecule has 0 spiro atoms. The molecule has 2 N–H and O–H groups in total. The Bertz CT molecular complexity index is 435. The number of halogens is 1. The van der Waals surface area contributed by atoms with E-state index in [9.17, 15) is 0 Å². The molecule has 0 heterocycles. The van der Waals surface area contributed by atoms with Crippen LogP contribution < -0.4 is 10.5 Å². The summed E-state index contributed by atoms with van der Waals surface area (Å²) in [6.07, 6.45) is 10.5. The van der Waals surface area contributed by atoms with Gasteiger partial charge < -0.3 is 10.5 Å². The van der Waals surface area contributed by atoms with E-state index in [1.165, 1.54) is 55.0 Å². The maximum atomic E-state index is 5.87. The molecule has 1 aromatic carbocycles. The normalized spacial score (nSPS) is 17.7. The van der Waals surface area contributed by atoms with Crippen molar-refractivity contribution < 1.29 is 4.74 Å². The van der Waals surface area contributed by atoms with E-state index < -0.39 is 0 Å². The predicted octanol–water partition coefficient (Wildman–Crippen LogP) is 5.08. The molecule has 1 aromatic rings. The number of hydrogen-bond acceptors (Lipinski definition) is 2. The number of benzene rings is 1. The monoisotopic (exact) mass is 353 g/mol. The first-order chi connectivity index (χ1) is 10.2. The van der Waals surface area contributed by atoms with Crippen molar-refractivity contribution in [2.45, 2.75) is 58.3 Å². The topological polar surface area (TPSA) is 35.2 Å². The van der Waals surface area contributed by atoms with E-state index >= 15 is 0 Å². The van der Waals surface area contributed by atoms with Crippen LogP contribution in [0.2, 0.25) is 0 Å². The Morgan fingerprint density at radius 1 is 1.19 bits per heavy atom. The van der Waals surface area contributed by atoms with Gasteiger partial charge in [0.2, 0.25) is 0 Å². The van der Waals surface area contributed by atoms with E-state index in [0.717, 1.165) is 18.7 Å². The molecule has 0 aliphatic heterocycles. The first-order valence-corrected chi connectivity index (χ1v) is 9.10. The highest BCUT2D eigenvalue weighted by Gasteiger charge is 2.30. The third-order valence-corrected chi connectivity index (χ3v) is 5.59. The molecule has 1 saturated carbocycles. The SMILES string of the molecule is CCOc1ccc(CCC2(CCN)CCCCC2)c(Br)c1. The number of rotatable bonds is 7. The first kappa shape index (κ1) is 16.8. The second-order valence-corrected chi connectivity index (χ2v) is 7.14. The summed E-state index contributed by atoms with van der Waals surface area (Å²) in [7, 11) is 0. The molecule has 0 aromatic heterocycles. The Labute approximate surface area is 137 Å². The molecule has 0 radical (unpaired) electrons. The van der Waals surface area contributed by atoms with Crippen molar-refractivity contribution >= 4 is 15.9 Å². The summed E-state index contributed by atoms with van der Waals surface area (Å²) < 4.78 is 6.72.